The molecule has 13 heavy (non-hydrogen) atoms. The molecule has 0 saturated heterocycles. The molecule has 0 spiro atoms. The van der Waals surface area contributed by atoms with E-state index in [1.165, 1.54) is 6.92 Å². The lowest BCUT2D eigenvalue weighted by Crippen LogP contribution is -1.92. The second-order valence-electron chi connectivity index (χ2n) is 1.88. The number of rotatable bonds is 2. The average Bonchev–Trinajstić information content (AvgIpc) is 2.03. The molecular formula is C7H8F4O2. The lowest BCUT2D eigenvalue weighted by Gasteiger charge is -1.79. The third kappa shape index (κ3) is 10.7. The van der Waals surface area contributed by atoms with Crippen LogP contribution in [0.2, 0.25) is 0 Å². The van der Waals surface area contributed by atoms with Crippen LogP contribution in [0.15, 0.2) is 24.1 Å². The molecule has 0 amide bonds. The van der Waals surface area contributed by atoms with Crippen molar-refractivity contribution in [2.75, 3.05) is 6.67 Å². The van der Waals surface area contributed by atoms with E-state index in [0.29, 0.717) is 0 Å². The van der Waals surface area contributed by atoms with Crippen molar-refractivity contribution in [3.8, 4) is 0 Å². The van der Waals surface area contributed by atoms with Crippen molar-refractivity contribution in [3.05, 3.63) is 24.1 Å². The second-order valence-corrected chi connectivity index (χ2v) is 1.88. The summed E-state index contributed by atoms with van der Waals surface area (Å²) in [6.07, 6.45) is -2.58. The average molecular weight is 200 g/mol. The highest BCUT2D eigenvalue weighted by Gasteiger charge is 2.01. The highest BCUT2D eigenvalue weighted by Crippen LogP contribution is 2.07. The van der Waals surface area contributed by atoms with E-state index in [1.807, 2.05) is 0 Å². The number of aliphatic carboxylic acids is 1. The Kier molecular flexibility index (Phi) is 8.01. The molecule has 1 N–H and O–H groups in total. The Labute approximate surface area is 72.2 Å². The number of carboxylic acids is 1. The van der Waals surface area contributed by atoms with E-state index in [0.717, 1.165) is 0 Å². The van der Waals surface area contributed by atoms with Gasteiger partial charge in [0.15, 0.2) is 5.83 Å². The van der Waals surface area contributed by atoms with Gasteiger partial charge in [-0.2, -0.15) is 8.78 Å². The van der Waals surface area contributed by atoms with Crippen LogP contribution in [0, 0.1) is 0 Å². The zero-order valence-corrected chi connectivity index (χ0v) is 6.78. The first-order valence-electron chi connectivity index (χ1n) is 2.97. The summed E-state index contributed by atoms with van der Waals surface area (Å²) in [7, 11) is 0. The Balaban J connectivity index is 0. The van der Waals surface area contributed by atoms with Gasteiger partial charge in [0.25, 0.3) is 0 Å². The third-order valence-corrected chi connectivity index (χ3v) is 0.687. The maximum absolute atomic E-state index is 11.0. The first-order chi connectivity index (χ1) is 5.82. The zero-order chi connectivity index (χ0) is 11.0. The van der Waals surface area contributed by atoms with Gasteiger partial charge in [0, 0.05) is 5.57 Å². The van der Waals surface area contributed by atoms with E-state index >= 15 is 0 Å². The van der Waals surface area contributed by atoms with Crippen molar-refractivity contribution in [1.82, 2.24) is 0 Å². The molecule has 0 aromatic rings. The smallest absolute Gasteiger partial charge is 0.330 e. The van der Waals surface area contributed by atoms with Crippen LogP contribution in [0.1, 0.15) is 6.92 Å². The number of allylic oxidation sites excluding steroid dienone is 1. The molecule has 0 aromatic heterocycles. The largest absolute Gasteiger partial charge is 0.478 e. The van der Waals surface area contributed by atoms with Crippen molar-refractivity contribution in [2.45, 2.75) is 6.92 Å². The first kappa shape index (κ1) is 14.2. The highest BCUT2D eigenvalue weighted by atomic mass is 19.3. The molecule has 0 aliphatic heterocycles. The van der Waals surface area contributed by atoms with E-state index in [-0.39, 0.29) is 5.57 Å². The van der Waals surface area contributed by atoms with Crippen LogP contribution < -0.4 is 0 Å². The number of halogens is 4. The molecule has 0 bridgehead atoms. The maximum atomic E-state index is 11.0. The van der Waals surface area contributed by atoms with E-state index in [2.05, 4.69) is 6.58 Å². The Hall–Kier alpha value is -1.33. The normalized spacial score (nSPS) is 8.08. The molecule has 2 nitrogen and oxygen atoms in total. The van der Waals surface area contributed by atoms with Crippen molar-refractivity contribution >= 4 is 5.97 Å². The fourth-order valence-corrected chi connectivity index (χ4v) is 0.0505. The van der Waals surface area contributed by atoms with Gasteiger partial charge in [0.1, 0.15) is 6.67 Å². The van der Waals surface area contributed by atoms with Gasteiger partial charge in [-0.05, 0) is 6.92 Å². The number of hydrogen-bond acceptors (Lipinski definition) is 1. The van der Waals surface area contributed by atoms with E-state index < -0.39 is 24.6 Å². The number of carboxylic acid groups (broad SMARTS) is 1. The number of alkyl halides is 1. The summed E-state index contributed by atoms with van der Waals surface area (Å²) in [6.45, 7) is 2.88. The van der Waals surface area contributed by atoms with Gasteiger partial charge < -0.3 is 5.11 Å². The molecule has 0 heterocycles. The minimum Gasteiger partial charge on any atom is -0.478 e. The Morgan fingerprint density at radius 2 is 1.69 bits per heavy atom. The van der Waals surface area contributed by atoms with Crippen molar-refractivity contribution in [1.29, 1.82) is 0 Å². The lowest BCUT2D eigenvalue weighted by molar-refractivity contribution is -0.132. The maximum Gasteiger partial charge on any atom is 0.330 e. The Morgan fingerprint density at radius 1 is 1.38 bits per heavy atom. The standard InChI is InChI=1S/C4H6O2.C3H2F4/c1-3(2)4(5)6;4-1-2(5)3(6)7/h1H2,2H3,(H,5,6);1H2. The second kappa shape index (κ2) is 7.33. The molecular weight excluding hydrogens is 192 g/mol. The summed E-state index contributed by atoms with van der Waals surface area (Å²) < 4.78 is 43.1. The molecule has 6 heteroatoms. The van der Waals surface area contributed by atoms with E-state index in [1.54, 1.807) is 0 Å². The first-order valence-corrected chi connectivity index (χ1v) is 2.97. The molecule has 0 atom stereocenters. The molecule has 76 valence electrons. The van der Waals surface area contributed by atoms with E-state index in [9.17, 15) is 22.4 Å². The van der Waals surface area contributed by atoms with Gasteiger partial charge in [-0.3, -0.25) is 0 Å². The van der Waals surface area contributed by atoms with Gasteiger partial charge in [-0.25, -0.2) is 13.6 Å². The minimum atomic E-state index is -2.58. The zero-order valence-electron chi connectivity index (χ0n) is 6.78. The summed E-state index contributed by atoms with van der Waals surface area (Å²) in [5, 5.41) is 7.89. The molecule has 0 radical (unpaired) electrons. The van der Waals surface area contributed by atoms with Gasteiger partial charge in [-0.1, -0.05) is 6.58 Å². The number of hydrogen-bond donors (Lipinski definition) is 1. The third-order valence-electron chi connectivity index (χ3n) is 0.687. The molecule has 0 aliphatic carbocycles. The van der Waals surface area contributed by atoms with Crippen LogP contribution in [0.25, 0.3) is 0 Å². The minimum absolute atomic E-state index is 0.176. The van der Waals surface area contributed by atoms with Gasteiger partial charge in [-0.15, -0.1) is 0 Å². The van der Waals surface area contributed by atoms with Gasteiger partial charge in [0.05, 0.1) is 0 Å². The molecule has 0 fully saturated rings. The summed E-state index contributed by atoms with van der Waals surface area (Å²) in [4.78, 5) is 9.60. The Morgan fingerprint density at radius 3 is 1.69 bits per heavy atom. The predicted molar refractivity (Wildman–Crippen MR) is 38.8 cm³/mol. The summed E-state index contributed by atoms with van der Waals surface area (Å²) in [5.74, 6) is -2.92. The fourth-order valence-electron chi connectivity index (χ4n) is 0.0505. The van der Waals surface area contributed by atoms with Crippen molar-refractivity contribution in [3.63, 3.8) is 0 Å². The highest BCUT2D eigenvalue weighted by molar-refractivity contribution is 5.84. The van der Waals surface area contributed by atoms with Crippen LogP contribution in [0.5, 0.6) is 0 Å². The molecule has 0 rings (SSSR count). The SMILES string of the molecule is C=C(C)C(=O)O.FCC(F)=C(F)F. The van der Waals surface area contributed by atoms with Crippen molar-refractivity contribution in [2.24, 2.45) is 0 Å². The van der Waals surface area contributed by atoms with Crippen molar-refractivity contribution < 1.29 is 27.5 Å². The quantitative estimate of drug-likeness (QED) is 0.549. The summed E-state index contributed by atoms with van der Waals surface area (Å²) in [5.41, 5.74) is 0.176. The fraction of sp³-hybridized carbons (Fsp3) is 0.286. The Bertz CT molecular complexity index is 207. The van der Waals surface area contributed by atoms with Gasteiger partial charge >= 0.3 is 12.0 Å². The van der Waals surface area contributed by atoms with E-state index in [4.69, 9.17) is 5.11 Å². The monoisotopic (exact) mass is 200 g/mol. The van der Waals surface area contributed by atoms with Crippen LogP contribution in [-0.2, 0) is 4.79 Å². The molecule has 0 aliphatic rings. The topological polar surface area (TPSA) is 37.3 Å². The lowest BCUT2D eigenvalue weighted by atomic mass is 10.4. The molecule has 0 unspecified atom stereocenters. The summed E-state index contributed by atoms with van der Waals surface area (Å²) in [6, 6.07) is 0. The van der Waals surface area contributed by atoms with Crippen LogP contribution in [0.3, 0.4) is 0 Å². The summed E-state index contributed by atoms with van der Waals surface area (Å²) >= 11 is 0. The number of carbonyl (C=O) groups is 1. The molecule has 0 aromatic carbocycles. The predicted octanol–water partition coefficient (Wildman–Crippen LogP) is 2.68. The van der Waals surface area contributed by atoms with Crippen LogP contribution in [-0.4, -0.2) is 17.8 Å². The van der Waals surface area contributed by atoms with Gasteiger partial charge in [0.2, 0.25) is 0 Å². The van der Waals surface area contributed by atoms with Crippen LogP contribution >= 0.6 is 0 Å². The van der Waals surface area contributed by atoms with Crippen LogP contribution in [0.4, 0.5) is 17.6 Å². The molecule has 0 saturated carbocycles.